The zero-order chi connectivity index (χ0) is 19.3. The molecular formula is C22H32N2O3. The fraction of sp³-hybridized carbons (Fsp3) is 0.591. The van der Waals surface area contributed by atoms with E-state index in [1.165, 1.54) is 0 Å². The van der Waals surface area contributed by atoms with Crippen LogP contribution in [0.5, 0.6) is 0 Å². The van der Waals surface area contributed by atoms with Crippen molar-refractivity contribution >= 4 is 5.91 Å². The molecule has 2 fully saturated rings. The number of aryl methyl sites for hydroxylation is 1. The second-order valence-corrected chi connectivity index (χ2v) is 8.11. The van der Waals surface area contributed by atoms with Gasteiger partial charge in [0.1, 0.15) is 6.10 Å². The highest BCUT2D eigenvalue weighted by atomic mass is 16.5. The summed E-state index contributed by atoms with van der Waals surface area (Å²) in [6, 6.07) is 10.0. The van der Waals surface area contributed by atoms with Gasteiger partial charge in [-0.3, -0.25) is 9.69 Å². The summed E-state index contributed by atoms with van der Waals surface area (Å²) in [5.74, 6) is -0.0125. The molecule has 0 radical (unpaired) electrons. The third-order valence-electron chi connectivity index (χ3n) is 6.11. The number of nitrogens with one attached hydrogen (secondary N) is 1. The number of aliphatic hydroxyl groups excluding tert-OH is 1. The number of likely N-dealkylation sites (tertiary alicyclic amines) is 1. The molecule has 5 heteroatoms. The molecule has 0 aromatic heterocycles. The smallest absolute Gasteiger partial charge is 0.220 e. The van der Waals surface area contributed by atoms with E-state index < -0.39 is 17.2 Å². The molecule has 148 valence electrons. The maximum Gasteiger partial charge on any atom is 0.220 e. The summed E-state index contributed by atoms with van der Waals surface area (Å²) < 4.78 is 6.10. The summed E-state index contributed by atoms with van der Waals surface area (Å²) in [7, 11) is 0. The van der Waals surface area contributed by atoms with Gasteiger partial charge in [0.15, 0.2) is 0 Å². The molecule has 0 unspecified atom stereocenters. The van der Waals surface area contributed by atoms with E-state index in [1.807, 2.05) is 43.3 Å². The lowest BCUT2D eigenvalue weighted by Crippen LogP contribution is -2.69. The maximum absolute atomic E-state index is 12.6. The lowest BCUT2D eigenvalue weighted by molar-refractivity contribution is -0.207. The average Bonchev–Trinajstić information content (AvgIpc) is 2.67. The van der Waals surface area contributed by atoms with Crippen LogP contribution in [0, 0.1) is 0 Å². The van der Waals surface area contributed by atoms with E-state index >= 15 is 0 Å². The molecule has 1 aromatic carbocycles. The number of carbonyl (C=O) groups is 1. The lowest BCUT2D eigenvalue weighted by atomic mass is 9.73. The van der Waals surface area contributed by atoms with Crippen LogP contribution < -0.4 is 5.32 Å². The summed E-state index contributed by atoms with van der Waals surface area (Å²) in [6.45, 7) is 8.93. The molecule has 0 saturated carbocycles. The second-order valence-electron chi connectivity index (χ2n) is 8.11. The Morgan fingerprint density at radius 2 is 2.04 bits per heavy atom. The third kappa shape index (κ3) is 4.60. The maximum atomic E-state index is 12.6. The second kappa shape index (κ2) is 8.55. The number of benzene rings is 1. The van der Waals surface area contributed by atoms with Gasteiger partial charge in [-0.25, -0.2) is 0 Å². The molecule has 2 saturated heterocycles. The quantitative estimate of drug-likeness (QED) is 0.752. The molecule has 0 bridgehead atoms. The van der Waals surface area contributed by atoms with E-state index in [0.29, 0.717) is 25.9 Å². The van der Waals surface area contributed by atoms with Crippen molar-refractivity contribution in [2.45, 2.75) is 56.3 Å². The number of amides is 1. The van der Waals surface area contributed by atoms with Crippen molar-refractivity contribution in [2.75, 3.05) is 26.2 Å². The topological polar surface area (TPSA) is 61.8 Å². The predicted octanol–water partition coefficient (Wildman–Crippen LogP) is 2.30. The van der Waals surface area contributed by atoms with Crippen LogP contribution in [0.1, 0.15) is 38.2 Å². The monoisotopic (exact) mass is 372 g/mol. The van der Waals surface area contributed by atoms with Crippen LogP contribution in [0.15, 0.2) is 43.0 Å². The first-order valence-corrected chi connectivity index (χ1v) is 9.98. The van der Waals surface area contributed by atoms with Gasteiger partial charge in [0.25, 0.3) is 0 Å². The Hall–Kier alpha value is -1.69. The van der Waals surface area contributed by atoms with Gasteiger partial charge in [0.2, 0.25) is 5.91 Å². The minimum absolute atomic E-state index is 0.0125. The van der Waals surface area contributed by atoms with Crippen molar-refractivity contribution in [3.63, 3.8) is 0 Å². The molecule has 2 aliphatic rings. The highest BCUT2D eigenvalue weighted by molar-refractivity contribution is 5.77. The summed E-state index contributed by atoms with van der Waals surface area (Å²) >= 11 is 0. The van der Waals surface area contributed by atoms with Crippen LogP contribution in [0.25, 0.3) is 0 Å². The van der Waals surface area contributed by atoms with Gasteiger partial charge < -0.3 is 15.2 Å². The molecule has 2 N–H and O–H groups in total. The largest absolute Gasteiger partial charge is 0.388 e. The molecule has 1 amide bonds. The SMILES string of the molecule is C=CCN1CCC2(CC1)OCC[C@](C)(NC(=O)CCc1ccccc1)[C@H]2O. The first-order chi connectivity index (χ1) is 13.0. The Bertz CT molecular complexity index is 640. The number of carbonyl (C=O) groups excluding carboxylic acids is 1. The van der Waals surface area contributed by atoms with Crippen LogP contribution in [-0.2, 0) is 16.0 Å². The van der Waals surface area contributed by atoms with Crippen LogP contribution in [0.4, 0.5) is 0 Å². The molecule has 5 nitrogen and oxygen atoms in total. The van der Waals surface area contributed by atoms with Crippen LogP contribution in [0.3, 0.4) is 0 Å². The highest BCUT2D eigenvalue weighted by Crippen LogP contribution is 2.39. The first kappa shape index (κ1) is 20.1. The molecule has 1 spiro atoms. The summed E-state index contributed by atoms with van der Waals surface area (Å²) in [5, 5.41) is 14.3. The van der Waals surface area contributed by atoms with Gasteiger partial charge >= 0.3 is 0 Å². The van der Waals surface area contributed by atoms with Crippen LogP contribution in [0.2, 0.25) is 0 Å². The zero-order valence-corrected chi connectivity index (χ0v) is 16.3. The Kier molecular flexibility index (Phi) is 6.35. The lowest BCUT2D eigenvalue weighted by Gasteiger charge is -2.53. The fourth-order valence-electron chi connectivity index (χ4n) is 4.39. The van der Waals surface area contributed by atoms with E-state index in [2.05, 4.69) is 16.8 Å². The number of hydrogen-bond donors (Lipinski definition) is 2. The summed E-state index contributed by atoms with van der Waals surface area (Å²) in [5.41, 5.74) is -0.0549. The van der Waals surface area contributed by atoms with E-state index in [0.717, 1.165) is 38.0 Å². The number of ether oxygens (including phenoxy) is 1. The van der Waals surface area contributed by atoms with Gasteiger partial charge in [-0.05, 0) is 38.2 Å². The van der Waals surface area contributed by atoms with Gasteiger partial charge in [-0.15, -0.1) is 6.58 Å². The van der Waals surface area contributed by atoms with Gasteiger partial charge in [-0.2, -0.15) is 0 Å². The van der Waals surface area contributed by atoms with E-state index in [9.17, 15) is 9.90 Å². The number of piperidine rings is 1. The van der Waals surface area contributed by atoms with Crippen LogP contribution >= 0.6 is 0 Å². The number of hydrogen-bond acceptors (Lipinski definition) is 4. The average molecular weight is 373 g/mol. The minimum atomic E-state index is -0.703. The van der Waals surface area contributed by atoms with Crippen molar-refractivity contribution in [1.29, 1.82) is 0 Å². The number of nitrogens with zero attached hydrogens (tertiary/aromatic N) is 1. The number of rotatable bonds is 6. The molecule has 27 heavy (non-hydrogen) atoms. The van der Waals surface area contributed by atoms with Crippen molar-refractivity contribution in [3.8, 4) is 0 Å². The molecule has 0 aliphatic carbocycles. The van der Waals surface area contributed by atoms with Crippen molar-refractivity contribution < 1.29 is 14.6 Å². The Morgan fingerprint density at radius 3 is 2.70 bits per heavy atom. The summed E-state index contributed by atoms with van der Waals surface area (Å²) in [4.78, 5) is 14.9. The summed E-state index contributed by atoms with van der Waals surface area (Å²) in [6.07, 6.45) is 4.51. The molecule has 1 aromatic rings. The van der Waals surface area contributed by atoms with Gasteiger partial charge in [0, 0.05) is 32.7 Å². The fourth-order valence-corrected chi connectivity index (χ4v) is 4.39. The molecular weight excluding hydrogens is 340 g/mol. The van der Waals surface area contributed by atoms with Crippen molar-refractivity contribution in [2.24, 2.45) is 0 Å². The predicted molar refractivity (Wildman–Crippen MR) is 106 cm³/mol. The van der Waals surface area contributed by atoms with Gasteiger partial charge in [0.05, 0.1) is 11.1 Å². The molecule has 2 heterocycles. The zero-order valence-electron chi connectivity index (χ0n) is 16.3. The minimum Gasteiger partial charge on any atom is -0.388 e. The van der Waals surface area contributed by atoms with E-state index in [-0.39, 0.29) is 5.91 Å². The Morgan fingerprint density at radius 1 is 1.33 bits per heavy atom. The first-order valence-electron chi connectivity index (χ1n) is 9.98. The normalized spacial score (nSPS) is 28.0. The Balaban J connectivity index is 1.59. The standard InChI is InChI=1S/C22H32N2O3/c1-3-14-24-15-11-22(12-16-24)20(26)21(2,13-17-27-22)23-19(25)10-9-18-7-5-4-6-8-18/h3-8,20,26H,1,9-17H2,2H3,(H,23,25)/t20-,21+/m1/s1. The van der Waals surface area contributed by atoms with Crippen LogP contribution in [-0.4, -0.2) is 59.4 Å². The van der Waals surface area contributed by atoms with E-state index in [4.69, 9.17) is 4.74 Å². The van der Waals surface area contributed by atoms with E-state index in [1.54, 1.807) is 0 Å². The number of aliphatic hydroxyl groups is 1. The van der Waals surface area contributed by atoms with Crippen molar-refractivity contribution in [1.82, 2.24) is 10.2 Å². The third-order valence-corrected chi connectivity index (χ3v) is 6.11. The Labute approximate surface area is 162 Å². The molecule has 2 aliphatic heterocycles. The highest BCUT2D eigenvalue weighted by Gasteiger charge is 2.53. The van der Waals surface area contributed by atoms with Crippen molar-refractivity contribution in [3.05, 3.63) is 48.6 Å². The molecule has 3 rings (SSSR count). The van der Waals surface area contributed by atoms with Gasteiger partial charge in [-0.1, -0.05) is 36.4 Å². The molecule has 2 atom stereocenters.